The van der Waals surface area contributed by atoms with Gasteiger partial charge in [0.1, 0.15) is 0 Å². The van der Waals surface area contributed by atoms with Crippen molar-refractivity contribution in [3.8, 4) is 0 Å². The van der Waals surface area contributed by atoms with Crippen molar-refractivity contribution in [3.63, 3.8) is 0 Å². The van der Waals surface area contributed by atoms with Crippen molar-refractivity contribution in [1.82, 2.24) is 0 Å². The third kappa shape index (κ3) is 3.24. The molecule has 0 radical (unpaired) electrons. The second-order valence-corrected chi connectivity index (χ2v) is 3.39. The Labute approximate surface area is 90.7 Å². The van der Waals surface area contributed by atoms with E-state index in [1.54, 1.807) is 13.8 Å². The van der Waals surface area contributed by atoms with Gasteiger partial charge in [-0.25, -0.2) is 9.59 Å². The van der Waals surface area contributed by atoms with Crippen molar-refractivity contribution in [3.05, 3.63) is 0 Å². The van der Waals surface area contributed by atoms with Gasteiger partial charge < -0.3 is 29.2 Å². The normalized spacial score (nSPS) is 29.1. The van der Waals surface area contributed by atoms with Gasteiger partial charge in [0.05, 0.1) is 0 Å². The number of carbonyl (C=O) groups is 2. The summed E-state index contributed by atoms with van der Waals surface area (Å²) in [6, 6.07) is 0. The summed E-state index contributed by atoms with van der Waals surface area (Å²) in [7, 11) is 0. The lowest BCUT2D eigenvalue weighted by molar-refractivity contribution is -0.153. The van der Waals surface area contributed by atoms with Crippen LogP contribution in [-0.2, 0) is 18.9 Å². The van der Waals surface area contributed by atoms with Gasteiger partial charge in [0.15, 0.2) is 6.29 Å². The fourth-order valence-corrected chi connectivity index (χ4v) is 1.10. The van der Waals surface area contributed by atoms with Crippen LogP contribution in [0, 0.1) is 5.92 Å². The zero-order chi connectivity index (χ0) is 12.3. The highest BCUT2D eigenvalue weighted by Gasteiger charge is 2.43. The van der Waals surface area contributed by atoms with E-state index in [0.29, 0.717) is 0 Å². The minimum atomic E-state index is -1.60. The lowest BCUT2D eigenvalue weighted by Crippen LogP contribution is -2.31. The predicted molar refractivity (Wildman–Crippen MR) is 46.6 cm³/mol. The van der Waals surface area contributed by atoms with Crippen LogP contribution in [0.15, 0.2) is 0 Å². The molecule has 8 heteroatoms. The minimum Gasteiger partial charge on any atom is -0.450 e. The zero-order valence-electron chi connectivity index (χ0n) is 8.65. The van der Waals surface area contributed by atoms with E-state index >= 15 is 0 Å². The first-order chi connectivity index (χ1) is 7.40. The average molecular weight is 236 g/mol. The monoisotopic (exact) mass is 236 g/mol. The van der Waals surface area contributed by atoms with E-state index in [1.165, 1.54) is 0 Å². The van der Waals surface area contributed by atoms with Crippen LogP contribution in [0.5, 0.6) is 0 Å². The van der Waals surface area contributed by atoms with Gasteiger partial charge in [-0.15, -0.1) is 0 Å². The van der Waals surface area contributed by atoms with E-state index in [-0.39, 0.29) is 5.92 Å². The molecular weight excluding hydrogens is 224 g/mol. The first kappa shape index (κ1) is 12.5. The quantitative estimate of drug-likeness (QED) is 0.699. The molecule has 8 nitrogen and oxygen atoms in total. The molecule has 1 rings (SSSR count). The fourth-order valence-electron chi connectivity index (χ4n) is 1.10. The summed E-state index contributed by atoms with van der Waals surface area (Å²) in [6.07, 6.45) is -6.77. The van der Waals surface area contributed by atoms with Crippen molar-refractivity contribution in [2.75, 3.05) is 0 Å². The number of carboxylic acid groups (broad SMARTS) is 2. The number of hydrogen-bond acceptors (Lipinski definition) is 6. The van der Waals surface area contributed by atoms with Gasteiger partial charge in [-0.3, -0.25) is 0 Å². The maximum Gasteiger partial charge on any atom is 0.508 e. The molecule has 1 aliphatic rings. The van der Waals surface area contributed by atoms with Crippen molar-refractivity contribution in [1.29, 1.82) is 0 Å². The SMILES string of the molecule is CC(C)C1OC(OC(=O)O)C(OC(=O)O)O1. The molecular formula is C8H12O8. The average Bonchev–Trinajstić information content (AvgIpc) is 2.46. The van der Waals surface area contributed by atoms with Gasteiger partial charge in [0.25, 0.3) is 12.6 Å². The molecule has 1 aliphatic heterocycles. The fraction of sp³-hybridized carbons (Fsp3) is 0.750. The molecule has 0 spiro atoms. The maximum atomic E-state index is 10.3. The molecule has 0 aromatic heterocycles. The number of hydrogen-bond donors (Lipinski definition) is 2. The molecule has 0 aliphatic carbocycles. The Morgan fingerprint density at radius 2 is 1.44 bits per heavy atom. The largest absolute Gasteiger partial charge is 0.508 e. The second kappa shape index (κ2) is 4.99. The Hall–Kier alpha value is -1.54. The number of rotatable bonds is 3. The van der Waals surface area contributed by atoms with Gasteiger partial charge in [-0.05, 0) is 0 Å². The Bertz CT molecular complexity index is 251. The first-order valence-electron chi connectivity index (χ1n) is 4.50. The van der Waals surface area contributed by atoms with Gasteiger partial charge in [-0.1, -0.05) is 13.8 Å². The summed E-state index contributed by atoms with van der Waals surface area (Å²) in [4.78, 5) is 20.6. The molecule has 0 saturated carbocycles. The molecule has 92 valence electrons. The van der Waals surface area contributed by atoms with E-state index in [4.69, 9.17) is 19.7 Å². The lowest BCUT2D eigenvalue weighted by Gasteiger charge is -2.13. The van der Waals surface area contributed by atoms with E-state index in [2.05, 4.69) is 9.47 Å². The topological polar surface area (TPSA) is 112 Å². The highest BCUT2D eigenvalue weighted by atomic mass is 16.9. The zero-order valence-corrected chi connectivity index (χ0v) is 8.65. The molecule has 1 fully saturated rings. The van der Waals surface area contributed by atoms with Crippen molar-refractivity contribution < 1.29 is 38.7 Å². The smallest absolute Gasteiger partial charge is 0.450 e. The van der Waals surface area contributed by atoms with E-state index in [0.717, 1.165) is 0 Å². The van der Waals surface area contributed by atoms with Crippen molar-refractivity contribution >= 4 is 12.3 Å². The van der Waals surface area contributed by atoms with E-state index in [1.807, 2.05) is 0 Å². The molecule has 0 aromatic rings. The van der Waals surface area contributed by atoms with Crippen molar-refractivity contribution in [2.45, 2.75) is 32.7 Å². The summed E-state index contributed by atoms with van der Waals surface area (Å²) in [5.41, 5.74) is 0. The van der Waals surface area contributed by atoms with Gasteiger partial charge in [0.2, 0.25) is 0 Å². The lowest BCUT2D eigenvalue weighted by atomic mass is 10.2. The first-order valence-corrected chi connectivity index (χ1v) is 4.50. The van der Waals surface area contributed by atoms with Crippen LogP contribution >= 0.6 is 0 Å². The Balaban J connectivity index is 2.63. The standard InChI is InChI=1S/C8H12O8/c1-3(2)4-13-5(15-7(9)10)6(14-4)16-8(11)12/h3-6H,1-2H3,(H,9,10)(H,11,12). The highest BCUT2D eigenvalue weighted by molar-refractivity contribution is 5.58. The summed E-state index contributed by atoms with van der Waals surface area (Å²) in [5.74, 6) is -0.0951. The Morgan fingerprint density at radius 3 is 1.69 bits per heavy atom. The van der Waals surface area contributed by atoms with Crippen LogP contribution in [0.25, 0.3) is 0 Å². The molecule has 2 unspecified atom stereocenters. The Kier molecular flexibility index (Phi) is 3.91. The highest BCUT2D eigenvalue weighted by Crippen LogP contribution is 2.26. The summed E-state index contributed by atoms with van der Waals surface area (Å²) in [5, 5.41) is 16.8. The van der Waals surface area contributed by atoms with Crippen LogP contribution in [0.4, 0.5) is 9.59 Å². The molecule has 2 atom stereocenters. The third-order valence-corrected chi connectivity index (χ3v) is 1.74. The number of ether oxygens (including phenoxy) is 4. The molecule has 0 bridgehead atoms. The third-order valence-electron chi connectivity index (χ3n) is 1.74. The predicted octanol–water partition coefficient (Wildman–Crippen LogP) is 1.06. The van der Waals surface area contributed by atoms with Crippen LogP contribution in [0.3, 0.4) is 0 Å². The molecule has 0 aromatic carbocycles. The van der Waals surface area contributed by atoms with Crippen LogP contribution in [0.1, 0.15) is 13.8 Å². The summed E-state index contributed by atoms with van der Waals surface area (Å²) < 4.78 is 18.6. The summed E-state index contributed by atoms with van der Waals surface area (Å²) >= 11 is 0. The van der Waals surface area contributed by atoms with Crippen molar-refractivity contribution in [2.24, 2.45) is 5.92 Å². The molecule has 16 heavy (non-hydrogen) atoms. The molecule has 0 amide bonds. The van der Waals surface area contributed by atoms with Gasteiger partial charge in [-0.2, -0.15) is 0 Å². The molecule has 2 N–H and O–H groups in total. The molecule has 1 saturated heterocycles. The minimum absolute atomic E-state index is 0.0951. The van der Waals surface area contributed by atoms with Crippen LogP contribution in [-0.4, -0.2) is 41.4 Å². The van der Waals surface area contributed by atoms with Gasteiger partial charge in [0, 0.05) is 5.92 Å². The van der Waals surface area contributed by atoms with Crippen LogP contribution < -0.4 is 0 Å². The van der Waals surface area contributed by atoms with E-state index < -0.39 is 31.2 Å². The summed E-state index contributed by atoms with van der Waals surface area (Å²) in [6.45, 7) is 3.51. The maximum absolute atomic E-state index is 10.3. The van der Waals surface area contributed by atoms with E-state index in [9.17, 15) is 9.59 Å². The second-order valence-electron chi connectivity index (χ2n) is 3.39. The van der Waals surface area contributed by atoms with Crippen LogP contribution in [0.2, 0.25) is 0 Å². The molecule has 1 heterocycles. The van der Waals surface area contributed by atoms with Gasteiger partial charge >= 0.3 is 12.3 Å². The Morgan fingerprint density at radius 1 is 1.06 bits per heavy atom.